The molecule has 0 unspecified atom stereocenters. The van der Waals surface area contributed by atoms with Crippen LogP contribution in [0.15, 0.2) is 194 Å². The topological polar surface area (TPSA) is 0 Å². The summed E-state index contributed by atoms with van der Waals surface area (Å²) in [6.07, 6.45) is 0. The van der Waals surface area contributed by atoms with Gasteiger partial charge in [0.25, 0.3) is 0 Å². The zero-order valence-corrected chi connectivity index (χ0v) is 30.0. The zero-order valence-electron chi connectivity index (χ0n) is 30.0. The molecule has 0 fully saturated rings. The standard InChI is InChI=1S/C55H32/c1-2-10-38-32-51-48(31-37(38)9-1)47-28-24-41-30-39(23-26-43(41)54(47)55(51)49-17-5-3-15-44(49)45-16-4-6-18-50(45)55)36-13-8-14-40(29-36)42-25-21-35-20-19-33-11-7-12-34-22-27-46(42)53(35)52(33)34/h1-32H. The fourth-order valence-corrected chi connectivity index (χ4v) is 10.7. The molecule has 1 spiro atoms. The van der Waals surface area contributed by atoms with E-state index in [0.717, 1.165) is 0 Å². The lowest BCUT2D eigenvalue weighted by Gasteiger charge is -2.31. The highest BCUT2D eigenvalue weighted by Gasteiger charge is 2.52. The Bertz CT molecular complexity index is 3370. The molecule has 2 aliphatic rings. The summed E-state index contributed by atoms with van der Waals surface area (Å²) < 4.78 is 0. The third kappa shape index (κ3) is 3.76. The Morgan fingerprint density at radius 3 is 1.62 bits per heavy atom. The van der Waals surface area contributed by atoms with Crippen LogP contribution in [0.5, 0.6) is 0 Å². The van der Waals surface area contributed by atoms with E-state index in [1.54, 1.807) is 0 Å². The van der Waals surface area contributed by atoms with E-state index in [0.29, 0.717) is 0 Å². The van der Waals surface area contributed by atoms with Crippen molar-refractivity contribution in [2.45, 2.75) is 5.41 Å². The fourth-order valence-electron chi connectivity index (χ4n) is 10.7. The summed E-state index contributed by atoms with van der Waals surface area (Å²) in [4.78, 5) is 0. The lowest BCUT2D eigenvalue weighted by Crippen LogP contribution is -2.26. The molecule has 0 heteroatoms. The number of hydrogen-bond acceptors (Lipinski definition) is 0. The molecular weight excluding hydrogens is 661 g/mol. The van der Waals surface area contributed by atoms with Gasteiger partial charge in [-0.2, -0.15) is 0 Å². The van der Waals surface area contributed by atoms with Crippen molar-refractivity contribution in [3.8, 4) is 44.5 Å². The van der Waals surface area contributed by atoms with E-state index < -0.39 is 5.41 Å². The third-order valence-electron chi connectivity index (χ3n) is 13.0. The van der Waals surface area contributed by atoms with Gasteiger partial charge in [0.2, 0.25) is 0 Å². The summed E-state index contributed by atoms with van der Waals surface area (Å²) in [5, 5.41) is 13.1. The van der Waals surface area contributed by atoms with Crippen LogP contribution in [0.3, 0.4) is 0 Å². The minimum absolute atomic E-state index is 0.405. The molecule has 0 amide bonds. The molecule has 0 atom stereocenters. The highest BCUT2D eigenvalue weighted by molar-refractivity contribution is 6.25. The van der Waals surface area contributed by atoms with Crippen molar-refractivity contribution in [2.24, 2.45) is 0 Å². The third-order valence-corrected chi connectivity index (χ3v) is 13.0. The summed E-state index contributed by atoms with van der Waals surface area (Å²) in [6, 6.07) is 73.4. The van der Waals surface area contributed by atoms with E-state index in [-0.39, 0.29) is 0 Å². The van der Waals surface area contributed by atoms with Gasteiger partial charge in [-0.25, -0.2) is 0 Å². The number of rotatable bonds is 2. The molecule has 55 heavy (non-hydrogen) atoms. The Labute approximate surface area is 318 Å². The smallest absolute Gasteiger partial charge is 0.0619 e. The second kappa shape index (κ2) is 10.6. The van der Waals surface area contributed by atoms with E-state index in [4.69, 9.17) is 0 Å². The first-order valence-electron chi connectivity index (χ1n) is 19.3. The second-order valence-corrected chi connectivity index (χ2v) is 15.6. The summed E-state index contributed by atoms with van der Waals surface area (Å²) in [7, 11) is 0. The molecule has 0 aromatic heterocycles. The zero-order chi connectivity index (χ0) is 35.8. The highest BCUT2D eigenvalue weighted by Crippen LogP contribution is 2.64. The number of hydrogen-bond donors (Lipinski definition) is 0. The van der Waals surface area contributed by atoms with Gasteiger partial charge in [-0.3, -0.25) is 0 Å². The van der Waals surface area contributed by atoms with Crippen molar-refractivity contribution in [1.82, 2.24) is 0 Å². The van der Waals surface area contributed by atoms with Crippen molar-refractivity contribution in [3.05, 3.63) is 216 Å². The summed E-state index contributed by atoms with van der Waals surface area (Å²) >= 11 is 0. The van der Waals surface area contributed by atoms with Crippen molar-refractivity contribution in [1.29, 1.82) is 0 Å². The molecule has 0 nitrogen and oxygen atoms in total. The van der Waals surface area contributed by atoms with Crippen LogP contribution in [0.1, 0.15) is 22.3 Å². The van der Waals surface area contributed by atoms with Crippen LogP contribution in [0, 0.1) is 0 Å². The lowest BCUT2D eigenvalue weighted by atomic mass is 9.69. The van der Waals surface area contributed by atoms with Crippen molar-refractivity contribution < 1.29 is 0 Å². The maximum Gasteiger partial charge on any atom is 0.0731 e. The first-order chi connectivity index (χ1) is 27.3. The van der Waals surface area contributed by atoms with Gasteiger partial charge in [-0.1, -0.05) is 170 Å². The van der Waals surface area contributed by atoms with Crippen LogP contribution >= 0.6 is 0 Å². The quantitative estimate of drug-likeness (QED) is 0.158. The maximum absolute atomic E-state index is 2.48. The van der Waals surface area contributed by atoms with Gasteiger partial charge in [0.15, 0.2) is 0 Å². The predicted molar refractivity (Wildman–Crippen MR) is 232 cm³/mol. The Morgan fingerprint density at radius 2 is 0.818 bits per heavy atom. The molecule has 11 aromatic rings. The highest BCUT2D eigenvalue weighted by atomic mass is 14.5. The predicted octanol–water partition coefficient (Wildman–Crippen LogP) is 14.6. The molecule has 252 valence electrons. The van der Waals surface area contributed by atoms with Gasteiger partial charge in [0.1, 0.15) is 0 Å². The molecule has 11 aromatic carbocycles. The summed E-state index contributed by atoms with van der Waals surface area (Å²) in [6.45, 7) is 0. The van der Waals surface area contributed by atoms with E-state index >= 15 is 0 Å². The molecule has 0 bridgehead atoms. The van der Waals surface area contributed by atoms with Crippen LogP contribution in [0.2, 0.25) is 0 Å². The molecule has 0 aliphatic heterocycles. The second-order valence-electron chi connectivity index (χ2n) is 15.6. The average Bonchev–Trinajstić information content (AvgIpc) is 3.71. The lowest BCUT2D eigenvalue weighted by molar-refractivity contribution is 0.802. The van der Waals surface area contributed by atoms with Gasteiger partial charge < -0.3 is 0 Å². The minimum Gasteiger partial charge on any atom is -0.0619 e. The van der Waals surface area contributed by atoms with E-state index in [9.17, 15) is 0 Å². The molecular formula is C55H32. The number of fused-ring (bicyclic) bond motifs is 13. The molecule has 0 saturated carbocycles. The van der Waals surface area contributed by atoms with Crippen molar-refractivity contribution in [3.63, 3.8) is 0 Å². The fraction of sp³-hybridized carbons (Fsp3) is 0.0182. The maximum atomic E-state index is 2.48. The van der Waals surface area contributed by atoms with Crippen molar-refractivity contribution >= 4 is 53.9 Å². The first kappa shape index (κ1) is 29.4. The largest absolute Gasteiger partial charge is 0.0731 e. The van der Waals surface area contributed by atoms with Gasteiger partial charge >= 0.3 is 0 Å². The van der Waals surface area contributed by atoms with Crippen LogP contribution in [-0.2, 0) is 5.41 Å². The summed E-state index contributed by atoms with van der Waals surface area (Å²) in [5.74, 6) is 0. The molecule has 2 aliphatic carbocycles. The Balaban J connectivity index is 1.03. The molecule has 0 saturated heterocycles. The summed E-state index contributed by atoms with van der Waals surface area (Å²) in [5.41, 5.74) is 15.5. The molecule has 0 heterocycles. The van der Waals surface area contributed by atoms with E-state index in [1.807, 2.05) is 0 Å². The average molecular weight is 693 g/mol. The van der Waals surface area contributed by atoms with Crippen LogP contribution in [-0.4, -0.2) is 0 Å². The van der Waals surface area contributed by atoms with E-state index in [2.05, 4.69) is 194 Å². The van der Waals surface area contributed by atoms with Crippen molar-refractivity contribution in [2.75, 3.05) is 0 Å². The normalized spacial score (nSPS) is 13.6. The minimum atomic E-state index is -0.405. The Kier molecular flexibility index (Phi) is 5.65. The van der Waals surface area contributed by atoms with Gasteiger partial charge in [0, 0.05) is 0 Å². The monoisotopic (exact) mass is 692 g/mol. The number of benzene rings is 11. The van der Waals surface area contributed by atoms with Gasteiger partial charge in [-0.05, 0) is 145 Å². The Hall–Kier alpha value is -7.02. The Morgan fingerprint density at radius 1 is 0.255 bits per heavy atom. The van der Waals surface area contributed by atoms with E-state index in [1.165, 1.54) is 121 Å². The SMILES string of the molecule is c1cc(-c2ccc3c4c(ccc3c2)-c2cc3ccccc3cc2C42c3ccccc3-c3ccccc32)cc(-c2ccc3ccc4cccc5ccc2c3c45)c1. The van der Waals surface area contributed by atoms with Gasteiger partial charge in [0.05, 0.1) is 5.41 Å². The van der Waals surface area contributed by atoms with Gasteiger partial charge in [-0.15, -0.1) is 0 Å². The molecule has 13 rings (SSSR count). The van der Waals surface area contributed by atoms with Crippen LogP contribution < -0.4 is 0 Å². The van der Waals surface area contributed by atoms with Crippen LogP contribution in [0.25, 0.3) is 98.4 Å². The molecule has 0 N–H and O–H groups in total. The van der Waals surface area contributed by atoms with Crippen LogP contribution in [0.4, 0.5) is 0 Å². The first-order valence-corrected chi connectivity index (χ1v) is 19.3. The molecule has 0 radical (unpaired) electrons.